The van der Waals surface area contributed by atoms with Crippen LogP contribution in [0, 0.1) is 0 Å². The summed E-state index contributed by atoms with van der Waals surface area (Å²) in [6.45, 7) is 5.37. The van der Waals surface area contributed by atoms with Crippen LogP contribution in [0.5, 0.6) is 11.5 Å². The molecule has 0 saturated carbocycles. The van der Waals surface area contributed by atoms with Crippen molar-refractivity contribution in [3.63, 3.8) is 0 Å². The summed E-state index contributed by atoms with van der Waals surface area (Å²) >= 11 is 0. The summed E-state index contributed by atoms with van der Waals surface area (Å²) in [5.74, 6) is 1.93. The zero-order valence-corrected chi connectivity index (χ0v) is 37.0. The van der Waals surface area contributed by atoms with Crippen LogP contribution in [-0.2, 0) is 15.7 Å². The van der Waals surface area contributed by atoms with Gasteiger partial charge in [-0.15, -0.1) is 0 Å². The molecule has 11 heteroatoms. The van der Waals surface area contributed by atoms with E-state index in [-0.39, 0.29) is 0 Å². The lowest BCUT2D eigenvalue weighted by atomic mass is 9.64. The number of rotatable bonds is 16. The van der Waals surface area contributed by atoms with E-state index >= 15 is 0 Å². The molecule has 1 aliphatic heterocycles. The van der Waals surface area contributed by atoms with Crippen molar-refractivity contribution < 1.29 is 24.4 Å². The fraction of sp³-hybridized carbons (Fsp3) is 0.241. The van der Waals surface area contributed by atoms with Crippen molar-refractivity contribution in [2.45, 2.75) is 55.4 Å². The minimum Gasteiger partial charge on any atom is -0.497 e. The van der Waals surface area contributed by atoms with E-state index in [1.54, 1.807) is 20.5 Å². The monoisotopic (exact) mass is 866 g/mol. The van der Waals surface area contributed by atoms with Gasteiger partial charge in [0.15, 0.2) is 23.2 Å². The van der Waals surface area contributed by atoms with E-state index in [9.17, 15) is 10.2 Å². The molecular formula is C54H54N6O5. The third-order valence-electron chi connectivity index (χ3n) is 13.1. The first kappa shape index (κ1) is 43.4. The number of nitrogens with zero attached hydrogens (tertiary/aromatic N) is 5. The summed E-state index contributed by atoms with van der Waals surface area (Å²) in [5.41, 5.74) is 4.34. The number of anilines is 1. The molecule has 8 aromatic rings. The minimum atomic E-state index is -1.29. The van der Waals surface area contributed by atoms with Gasteiger partial charge in [-0.2, -0.15) is 0 Å². The molecule has 0 radical (unpaired) electrons. The van der Waals surface area contributed by atoms with E-state index in [0.717, 1.165) is 39.1 Å². The number of ether oxygens (including phenoxy) is 3. The van der Waals surface area contributed by atoms with E-state index in [4.69, 9.17) is 29.2 Å². The zero-order chi connectivity index (χ0) is 45.0. The van der Waals surface area contributed by atoms with Crippen molar-refractivity contribution >= 4 is 17.0 Å². The number of aromatic nitrogens is 4. The summed E-state index contributed by atoms with van der Waals surface area (Å²) in [6.07, 6.45) is -1.09. The predicted octanol–water partition coefficient (Wildman–Crippen LogP) is 8.61. The summed E-state index contributed by atoms with van der Waals surface area (Å²) < 4.78 is 20.2. The highest BCUT2D eigenvalue weighted by Gasteiger charge is 2.56. The number of imidazole rings is 1. The smallest absolute Gasteiger partial charge is 0.167 e. The van der Waals surface area contributed by atoms with Crippen molar-refractivity contribution in [3.05, 3.63) is 216 Å². The van der Waals surface area contributed by atoms with Gasteiger partial charge in [0.05, 0.1) is 32.0 Å². The Morgan fingerprint density at radius 1 is 0.631 bits per heavy atom. The molecular weight excluding hydrogens is 813 g/mol. The van der Waals surface area contributed by atoms with Crippen LogP contribution in [0.1, 0.15) is 53.5 Å². The number of nitrogens with one attached hydrogen (secondary N) is 1. The third-order valence-corrected chi connectivity index (χ3v) is 13.1. The maximum Gasteiger partial charge on any atom is 0.167 e. The molecule has 1 aliphatic rings. The zero-order valence-electron chi connectivity index (χ0n) is 37.0. The van der Waals surface area contributed by atoms with Gasteiger partial charge in [0.25, 0.3) is 0 Å². The molecule has 1 saturated heterocycles. The minimum absolute atomic E-state index is 0.499. The lowest BCUT2D eigenvalue weighted by molar-refractivity contribution is -0.0966. The lowest BCUT2D eigenvalue weighted by Crippen LogP contribution is -2.54. The molecule has 6 aromatic carbocycles. The average molecular weight is 867 g/mol. The van der Waals surface area contributed by atoms with E-state index in [2.05, 4.69) is 60.5 Å². The Labute approximate surface area is 380 Å². The normalized spacial score (nSPS) is 18.1. The topological polar surface area (TPSA) is 127 Å². The summed E-state index contributed by atoms with van der Waals surface area (Å²) in [4.78, 5) is 16.9. The van der Waals surface area contributed by atoms with E-state index in [0.29, 0.717) is 35.8 Å². The highest BCUT2D eigenvalue weighted by molar-refractivity contribution is 5.84. The summed E-state index contributed by atoms with van der Waals surface area (Å²) in [6, 6.07) is 55.6. The molecule has 11 nitrogen and oxygen atoms in total. The third kappa shape index (κ3) is 7.60. The number of methoxy groups -OCH3 is 2. The van der Waals surface area contributed by atoms with Crippen LogP contribution in [0.25, 0.3) is 11.2 Å². The molecule has 5 atom stereocenters. The molecule has 2 unspecified atom stereocenters. The molecule has 65 heavy (non-hydrogen) atoms. The van der Waals surface area contributed by atoms with Gasteiger partial charge in [-0.1, -0.05) is 159 Å². The maximum absolute atomic E-state index is 13.3. The van der Waals surface area contributed by atoms with Crippen LogP contribution in [-0.4, -0.2) is 86.3 Å². The maximum atomic E-state index is 13.3. The van der Waals surface area contributed by atoms with Crippen LogP contribution in [0.3, 0.4) is 0 Å². The Hall–Kier alpha value is -6.89. The molecule has 1 fully saturated rings. The van der Waals surface area contributed by atoms with Gasteiger partial charge in [-0.05, 0) is 70.7 Å². The van der Waals surface area contributed by atoms with Crippen LogP contribution in [0.4, 0.5) is 5.82 Å². The second-order valence-corrected chi connectivity index (χ2v) is 16.3. The van der Waals surface area contributed by atoms with Gasteiger partial charge < -0.3 is 29.7 Å². The van der Waals surface area contributed by atoms with Gasteiger partial charge >= 0.3 is 0 Å². The van der Waals surface area contributed by atoms with Gasteiger partial charge in [0, 0.05) is 0 Å². The highest BCUT2D eigenvalue weighted by atomic mass is 16.5. The molecule has 0 amide bonds. The van der Waals surface area contributed by atoms with Crippen molar-refractivity contribution in [3.8, 4) is 11.5 Å². The number of fused-ring (bicyclic) bond motifs is 1. The number of likely N-dealkylation sites (N-methyl/N-ethyl adjacent to an activating group) is 1. The van der Waals surface area contributed by atoms with Crippen LogP contribution in [0.15, 0.2) is 183 Å². The van der Waals surface area contributed by atoms with Crippen molar-refractivity contribution in [2.24, 2.45) is 0 Å². The van der Waals surface area contributed by atoms with Crippen molar-refractivity contribution in [1.82, 2.24) is 24.4 Å². The first-order valence-corrected chi connectivity index (χ1v) is 22.1. The van der Waals surface area contributed by atoms with E-state index in [1.165, 1.54) is 6.33 Å². The Kier molecular flexibility index (Phi) is 12.5. The number of aliphatic hydroxyl groups is 2. The van der Waals surface area contributed by atoms with Gasteiger partial charge in [0.1, 0.15) is 41.7 Å². The van der Waals surface area contributed by atoms with Gasteiger partial charge in [-0.3, -0.25) is 9.47 Å². The first-order valence-electron chi connectivity index (χ1n) is 22.1. The number of hydrogen-bond donors (Lipinski definition) is 3. The second-order valence-electron chi connectivity index (χ2n) is 16.3. The molecule has 0 spiro atoms. The highest BCUT2D eigenvalue weighted by Crippen LogP contribution is 2.48. The predicted molar refractivity (Wildman–Crippen MR) is 253 cm³/mol. The Balaban J connectivity index is 1.18. The fourth-order valence-electron chi connectivity index (χ4n) is 9.97. The molecule has 330 valence electrons. The standard InChI is InChI=1S/C54H54N6O5/c1-5-59(6-2)46-47(61)48(49(62)53(37-19-11-7-12-20-37,38-21-13-8-14-22-38)39-27-31-43(63-3)32-28-39)65-52(46)60-36-57-45-50(55-35-56-51(45)60)58-54(40-23-15-9-16-24-40,41-25-17-10-18-26-41)42-29-33-44(64-4)34-30-42/h7-36,46-49,52,61-62H,5-6H2,1-4H3,(H,55,56,58)/t46?,47-,48-,49?,52+/m0/s1. The Morgan fingerprint density at radius 3 is 1.55 bits per heavy atom. The Morgan fingerprint density at radius 2 is 1.08 bits per heavy atom. The van der Waals surface area contributed by atoms with Crippen LogP contribution in [0.2, 0.25) is 0 Å². The van der Waals surface area contributed by atoms with Crippen LogP contribution >= 0.6 is 0 Å². The number of benzene rings is 6. The molecule has 0 aliphatic carbocycles. The van der Waals surface area contributed by atoms with E-state index in [1.807, 2.05) is 138 Å². The van der Waals surface area contributed by atoms with Gasteiger partial charge in [0.2, 0.25) is 0 Å². The number of hydrogen-bond acceptors (Lipinski definition) is 10. The quantitative estimate of drug-likeness (QED) is 0.0813. The molecule has 2 aromatic heterocycles. The Bertz CT molecular complexity index is 2690. The van der Waals surface area contributed by atoms with Crippen LogP contribution < -0.4 is 14.8 Å². The lowest BCUT2D eigenvalue weighted by Gasteiger charge is -2.43. The molecule has 0 bridgehead atoms. The molecule has 3 N–H and O–H groups in total. The summed E-state index contributed by atoms with van der Waals surface area (Å²) in [5, 5.41) is 30.0. The average Bonchev–Trinajstić information content (AvgIpc) is 3.96. The van der Waals surface area contributed by atoms with Crippen molar-refractivity contribution in [2.75, 3.05) is 32.6 Å². The SMILES string of the molecule is CCN(CC)C1[C@H](n2cnc3c(NC(c4ccccc4)(c4ccccc4)c4ccc(OC)cc4)ncnc32)O[C@H](C(O)C(c2ccccc2)(c2ccccc2)c2ccc(OC)cc2)[C@H]1O. The van der Waals surface area contributed by atoms with E-state index < -0.39 is 41.5 Å². The summed E-state index contributed by atoms with van der Waals surface area (Å²) in [7, 11) is 3.29. The largest absolute Gasteiger partial charge is 0.497 e. The van der Waals surface area contributed by atoms with Gasteiger partial charge in [-0.25, -0.2) is 15.0 Å². The molecule has 3 heterocycles. The van der Waals surface area contributed by atoms with Crippen molar-refractivity contribution in [1.29, 1.82) is 0 Å². The molecule has 9 rings (SSSR count). The first-order chi connectivity index (χ1) is 31.9. The second kappa shape index (κ2) is 18.7. The number of aliphatic hydroxyl groups excluding tert-OH is 2. The fourth-order valence-corrected chi connectivity index (χ4v) is 9.97.